The van der Waals surface area contributed by atoms with Crippen LogP contribution >= 0.6 is 0 Å². The number of aromatic nitrogens is 4. The summed E-state index contributed by atoms with van der Waals surface area (Å²) >= 11 is 0. The molecule has 0 fully saturated rings. The average molecular weight is 254 g/mol. The molecule has 0 aliphatic carbocycles. The fraction of sp³-hybridized carbons (Fsp3) is 0.0769. The zero-order valence-electron chi connectivity index (χ0n) is 10.1. The molecular formula is C13H10N4O2. The van der Waals surface area contributed by atoms with Crippen LogP contribution in [-0.4, -0.2) is 31.2 Å². The molecule has 0 spiro atoms. The SMILES string of the molecule is Cc1nc2ccc(-c3ccc(C(=O)O)nn3)cc2[nH]1. The van der Waals surface area contributed by atoms with E-state index < -0.39 is 5.97 Å². The van der Waals surface area contributed by atoms with Crippen LogP contribution in [0.2, 0.25) is 0 Å². The Morgan fingerprint density at radius 2 is 2.05 bits per heavy atom. The van der Waals surface area contributed by atoms with Crippen LogP contribution in [0.5, 0.6) is 0 Å². The van der Waals surface area contributed by atoms with Crippen LogP contribution in [0.15, 0.2) is 30.3 Å². The lowest BCUT2D eigenvalue weighted by molar-refractivity contribution is 0.0689. The highest BCUT2D eigenvalue weighted by Gasteiger charge is 2.07. The van der Waals surface area contributed by atoms with E-state index in [0.717, 1.165) is 22.4 Å². The number of fused-ring (bicyclic) bond motifs is 1. The number of nitrogens with one attached hydrogen (secondary N) is 1. The van der Waals surface area contributed by atoms with E-state index in [0.29, 0.717) is 5.69 Å². The number of benzene rings is 1. The van der Waals surface area contributed by atoms with Crippen LogP contribution in [0.3, 0.4) is 0 Å². The van der Waals surface area contributed by atoms with Crippen molar-refractivity contribution in [1.29, 1.82) is 0 Å². The van der Waals surface area contributed by atoms with E-state index in [1.165, 1.54) is 6.07 Å². The van der Waals surface area contributed by atoms with Gasteiger partial charge < -0.3 is 10.1 Å². The Kier molecular flexibility index (Phi) is 2.49. The minimum Gasteiger partial charge on any atom is -0.476 e. The van der Waals surface area contributed by atoms with Crippen molar-refractivity contribution in [3.8, 4) is 11.3 Å². The number of H-pyrrole nitrogens is 1. The van der Waals surface area contributed by atoms with Gasteiger partial charge in [-0.1, -0.05) is 6.07 Å². The van der Waals surface area contributed by atoms with Crippen molar-refractivity contribution in [2.24, 2.45) is 0 Å². The Morgan fingerprint density at radius 3 is 2.74 bits per heavy atom. The number of carboxylic acid groups (broad SMARTS) is 1. The Bertz CT molecular complexity index is 762. The summed E-state index contributed by atoms with van der Waals surface area (Å²) in [6.45, 7) is 1.89. The minimum absolute atomic E-state index is 0.0674. The summed E-state index contributed by atoms with van der Waals surface area (Å²) < 4.78 is 0. The van der Waals surface area contributed by atoms with Gasteiger partial charge in [0.2, 0.25) is 0 Å². The van der Waals surface area contributed by atoms with Gasteiger partial charge in [0.25, 0.3) is 0 Å². The smallest absolute Gasteiger partial charge is 0.356 e. The van der Waals surface area contributed by atoms with E-state index in [2.05, 4.69) is 20.2 Å². The molecule has 0 unspecified atom stereocenters. The van der Waals surface area contributed by atoms with Gasteiger partial charge >= 0.3 is 5.97 Å². The number of hydrogen-bond acceptors (Lipinski definition) is 4. The molecule has 2 heterocycles. The zero-order valence-corrected chi connectivity index (χ0v) is 10.1. The first-order valence-corrected chi connectivity index (χ1v) is 5.67. The molecule has 0 amide bonds. The average Bonchev–Trinajstić information content (AvgIpc) is 2.77. The molecule has 2 N–H and O–H groups in total. The standard InChI is InChI=1S/C13H10N4O2/c1-7-14-10-3-2-8(6-12(10)15-7)9-4-5-11(13(18)19)17-16-9/h2-6H,1H3,(H,14,15)(H,18,19). The molecule has 0 saturated heterocycles. The molecule has 94 valence electrons. The second kappa shape index (κ2) is 4.16. The van der Waals surface area contributed by atoms with Crippen LogP contribution in [0, 0.1) is 6.92 Å². The van der Waals surface area contributed by atoms with Gasteiger partial charge in [-0.3, -0.25) is 0 Å². The normalized spacial score (nSPS) is 10.8. The highest BCUT2D eigenvalue weighted by Crippen LogP contribution is 2.21. The lowest BCUT2D eigenvalue weighted by Crippen LogP contribution is -2.01. The third-order valence-electron chi connectivity index (χ3n) is 2.78. The maximum Gasteiger partial charge on any atom is 0.356 e. The summed E-state index contributed by atoms with van der Waals surface area (Å²) in [5.41, 5.74) is 3.22. The molecule has 6 heteroatoms. The quantitative estimate of drug-likeness (QED) is 0.730. The van der Waals surface area contributed by atoms with Crippen molar-refractivity contribution in [2.45, 2.75) is 6.92 Å². The van der Waals surface area contributed by atoms with E-state index in [1.807, 2.05) is 25.1 Å². The highest BCUT2D eigenvalue weighted by molar-refractivity contribution is 5.85. The molecule has 1 aromatic carbocycles. The first-order valence-electron chi connectivity index (χ1n) is 5.67. The van der Waals surface area contributed by atoms with Crippen molar-refractivity contribution in [2.75, 3.05) is 0 Å². The molecule has 0 bridgehead atoms. The number of hydrogen-bond donors (Lipinski definition) is 2. The predicted molar refractivity (Wildman–Crippen MR) is 68.8 cm³/mol. The lowest BCUT2D eigenvalue weighted by Gasteiger charge is -2.00. The largest absolute Gasteiger partial charge is 0.476 e. The van der Waals surface area contributed by atoms with Gasteiger partial charge in [-0.2, -0.15) is 0 Å². The number of aryl methyl sites for hydroxylation is 1. The summed E-state index contributed by atoms with van der Waals surface area (Å²) in [4.78, 5) is 18.2. The van der Waals surface area contributed by atoms with Crippen LogP contribution in [-0.2, 0) is 0 Å². The molecule has 3 rings (SSSR count). The van der Waals surface area contributed by atoms with Gasteiger partial charge in [0.05, 0.1) is 16.7 Å². The second-order valence-electron chi connectivity index (χ2n) is 4.16. The van der Waals surface area contributed by atoms with E-state index in [-0.39, 0.29) is 5.69 Å². The summed E-state index contributed by atoms with van der Waals surface area (Å²) in [5, 5.41) is 16.4. The van der Waals surface area contributed by atoms with Crippen LogP contribution in [0.25, 0.3) is 22.3 Å². The van der Waals surface area contributed by atoms with Crippen molar-refractivity contribution < 1.29 is 9.90 Å². The molecule has 0 radical (unpaired) electrons. The van der Waals surface area contributed by atoms with E-state index in [9.17, 15) is 4.79 Å². The molecule has 0 saturated carbocycles. The van der Waals surface area contributed by atoms with Gasteiger partial charge in [0, 0.05) is 5.56 Å². The van der Waals surface area contributed by atoms with Gasteiger partial charge in [0.15, 0.2) is 5.69 Å². The predicted octanol–water partition coefficient (Wildman–Crippen LogP) is 2.03. The molecular weight excluding hydrogens is 244 g/mol. The number of carboxylic acids is 1. The summed E-state index contributed by atoms with van der Waals surface area (Å²) in [6, 6.07) is 8.77. The van der Waals surface area contributed by atoms with Crippen molar-refractivity contribution >= 4 is 17.0 Å². The maximum atomic E-state index is 10.7. The summed E-state index contributed by atoms with van der Waals surface area (Å²) in [6.07, 6.45) is 0. The van der Waals surface area contributed by atoms with Crippen molar-refractivity contribution in [3.63, 3.8) is 0 Å². The number of aromatic carboxylic acids is 1. The molecule has 2 aromatic heterocycles. The Balaban J connectivity index is 2.05. The summed E-state index contributed by atoms with van der Waals surface area (Å²) in [5.74, 6) is -0.238. The number of rotatable bonds is 2. The maximum absolute atomic E-state index is 10.7. The van der Waals surface area contributed by atoms with Crippen molar-refractivity contribution in [1.82, 2.24) is 20.2 Å². The number of imidazole rings is 1. The molecule has 0 aliphatic heterocycles. The van der Waals surface area contributed by atoms with E-state index in [1.54, 1.807) is 6.07 Å². The monoisotopic (exact) mass is 254 g/mol. The number of nitrogens with zero attached hydrogens (tertiary/aromatic N) is 3. The number of aromatic amines is 1. The van der Waals surface area contributed by atoms with E-state index >= 15 is 0 Å². The summed E-state index contributed by atoms with van der Waals surface area (Å²) in [7, 11) is 0. The Morgan fingerprint density at radius 1 is 1.21 bits per heavy atom. The minimum atomic E-state index is -1.08. The Labute approximate surface area is 108 Å². The van der Waals surface area contributed by atoms with Crippen molar-refractivity contribution in [3.05, 3.63) is 41.9 Å². The van der Waals surface area contributed by atoms with Crippen LogP contribution in [0.4, 0.5) is 0 Å². The Hall–Kier alpha value is -2.76. The van der Waals surface area contributed by atoms with Crippen LogP contribution < -0.4 is 0 Å². The first kappa shape index (κ1) is 11.3. The zero-order chi connectivity index (χ0) is 13.4. The van der Waals surface area contributed by atoms with Crippen LogP contribution in [0.1, 0.15) is 16.3 Å². The topological polar surface area (TPSA) is 91.8 Å². The third kappa shape index (κ3) is 2.03. The third-order valence-corrected chi connectivity index (χ3v) is 2.78. The van der Waals surface area contributed by atoms with Gasteiger partial charge in [-0.25, -0.2) is 9.78 Å². The molecule has 3 aromatic rings. The van der Waals surface area contributed by atoms with Gasteiger partial charge in [-0.15, -0.1) is 10.2 Å². The fourth-order valence-corrected chi connectivity index (χ4v) is 1.90. The van der Waals surface area contributed by atoms with E-state index in [4.69, 9.17) is 5.11 Å². The molecule has 19 heavy (non-hydrogen) atoms. The molecule has 0 aliphatic rings. The second-order valence-corrected chi connectivity index (χ2v) is 4.16. The number of carbonyl (C=O) groups is 1. The highest BCUT2D eigenvalue weighted by atomic mass is 16.4. The van der Waals surface area contributed by atoms with Gasteiger partial charge in [-0.05, 0) is 31.2 Å². The molecule has 0 atom stereocenters. The fourth-order valence-electron chi connectivity index (χ4n) is 1.90. The first-order chi connectivity index (χ1) is 9.13. The molecule has 6 nitrogen and oxygen atoms in total. The lowest BCUT2D eigenvalue weighted by atomic mass is 10.1. The van der Waals surface area contributed by atoms with Gasteiger partial charge in [0.1, 0.15) is 5.82 Å².